The smallest absolute Gasteiger partial charge is 0.0834 e. The molecule has 0 saturated carbocycles. The Morgan fingerprint density at radius 2 is 1.94 bits per heavy atom. The maximum atomic E-state index is 6.20. The van der Waals surface area contributed by atoms with Gasteiger partial charge in [-0.25, -0.2) is 0 Å². The van der Waals surface area contributed by atoms with Crippen LogP contribution in [0, 0.1) is 5.41 Å². The van der Waals surface area contributed by atoms with Crippen molar-refractivity contribution in [3.63, 3.8) is 0 Å². The molecule has 0 bridgehead atoms. The topological polar surface area (TPSA) is 9.23 Å². The first-order chi connectivity index (χ1) is 7.48. The molecular weight excluding hydrogens is 196 g/mol. The summed E-state index contributed by atoms with van der Waals surface area (Å²) in [6, 6.07) is 8.67. The fourth-order valence-corrected chi connectivity index (χ4v) is 2.11. The van der Waals surface area contributed by atoms with Crippen LogP contribution < -0.4 is 0 Å². The van der Waals surface area contributed by atoms with Crippen molar-refractivity contribution in [3.8, 4) is 0 Å². The second-order valence-corrected chi connectivity index (χ2v) is 5.87. The third kappa shape index (κ3) is 2.30. The SMILES string of the molecule is CC(OC1CCc2ccccc21)C(C)(C)C. The number of hydrogen-bond donors (Lipinski definition) is 0. The van der Waals surface area contributed by atoms with E-state index in [1.165, 1.54) is 11.1 Å². The van der Waals surface area contributed by atoms with E-state index in [1.54, 1.807) is 0 Å². The van der Waals surface area contributed by atoms with Crippen LogP contribution in [0.3, 0.4) is 0 Å². The molecule has 0 saturated heterocycles. The van der Waals surface area contributed by atoms with Gasteiger partial charge in [0.05, 0.1) is 12.2 Å². The van der Waals surface area contributed by atoms with E-state index in [1.807, 2.05) is 0 Å². The molecule has 0 fully saturated rings. The molecule has 1 aromatic rings. The van der Waals surface area contributed by atoms with Crippen LogP contribution in [-0.4, -0.2) is 6.10 Å². The van der Waals surface area contributed by atoms with Gasteiger partial charge in [0.25, 0.3) is 0 Å². The zero-order chi connectivity index (χ0) is 11.8. The van der Waals surface area contributed by atoms with Crippen LogP contribution in [0.1, 0.15) is 51.3 Å². The van der Waals surface area contributed by atoms with E-state index in [2.05, 4.69) is 52.0 Å². The second-order valence-electron chi connectivity index (χ2n) is 5.87. The summed E-state index contributed by atoms with van der Waals surface area (Å²) in [6.45, 7) is 8.89. The molecule has 1 nitrogen and oxygen atoms in total. The van der Waals surface area contributed by atoms with Crippen molar-refractivity contribution < 1.29 is 4.74 Å². The molecule has 0 amide bonds. The van der Waals surface area contributed by atoms with E-state index in [0.717, 1.165) is 12.8 Å². The minimum absolute atomic E-state index is 0.220. The highest BCUT2D eigenvalue weighted by atomic mass is 16.5. The molecule has 0 heterocycles. The van der Waals surface area contributed by atoms with E-state index < -0.39 is 0 Å². The van der Waals surface area contributed by atoms with Crippen LogP contribution in [0.5, 0.6) is 0 Å². The average molecular weight is 218 g/mol. The molecule has 2 unspecified atom stereocenters. The summed E-state index contributed by atoms with van der Waals surface area (Å²) in [5.41, 5.74) is 3.09. The van der Waals surface area contributed by atoms with Gasteiger partial charge in [0, 0.05) is 0 Å². The number of aryl methyl sites for hydroxylation is 1. The fourth-order valence-electron chi connectivity index (χ4n) is 2.11. The van der Waals surface area contributed by atoms with Gasteiger partial charge in [-0.1, -0.05) is 45.0 Å². The first-order valence-electron chi connectivity index (χ1n) is 6.22. The molecule has 0 spiro atoms. The first-order valence-corrected chi connectivity index (χ1v) is 6.22. The Kier molecular flexibility index (Phi) is 3.07. The van der Waals surface area contributed by atoms with Gasteiger partial charge in [0.15, 0.2) is 0 Å². The summed E-state index contributed by atoms with van der Waals surface area (Å²) < 4.78 is 6.20. The zero-order valence-electron chi connectivity index (χ0n) is 10.8. The van der Waals surface area contributed by atoms with Gasteiger partial charge < -0.3 is 4.74 Å². The Hall–Kier alpha value is -0.820. The molecule has 16 heavy (non-hydrogen) atoms. The molecule has 2 rings (SSSR count). The first kappa shape index (κ1) is 11.7. The Balaban J connectivity index is 2.09. The summed E-state index contributed by atoms with van der Waals surface area (Å²) in [4.78, 5) is 0. The molecule has 0 N–H and O–H groups in total. The van der Waals surface area contributed by atoms with Crippen molar-refractivity contribution in [3.05, 3.63) is 35.4 Å². The largest absolute Gasteiger partial charge is 0.370 e. The molecule has 1 aliphatic carbocycles. The second kappa shape index (κ2) is 4.21. The van der Waals surface area contributed by atoms with Gasteiger partial charge >= 0.3 is 0 Å². The summed E-state index contributed by atoms with van der Waals surface area (Å²) in [6.07, 6.45) is 2.91. The highest BCUT2D eigenvalue weighted by molar-refractivity contribution is 5.33. The molecule has 1 heteroatoms. The lowest BCUT2D eigenvalue weighted by Crippen LogP contribution is -2.27. The van der Waals surface area contributed by atoms with E-state index in [0.29, 0.717) is 12.2 Å². The van der Waals surface area contributed by atoms with Gasteiger partial charge in [0.1, 0.15) is 0 Å². The van der Waals surface area contributed by atoms with Crippen LogP contribution in [0.15, 0.2) is 24.3 Å². The van der Waals surface area contributed by atoms with Crippen LogP contribution in [-0.2, 0) is 11.2 Å². The lowest BCUT2D eigenvalue weighted by atomic mass is 9.90. The molecule has 2 atom stereocenters. The van der Waals surface area contributed by atoms with E-state index in [9.17, 15) is 0 Å². The zero-order valence-corrected chi connectivity index (χ0v) is 10.8. The number of hydrogen-bond acceptors (Lipinski definition) is 1. The highest BCUT2D eigenvalue weighted by Crippen LogP contribution is 2.37. The Bertz CT molecular complexity index is 362. The molecule has 1 aliphatic rings. The predicted octanol–water partition coefficient (Wildman–Crippen LogP) is 4.13. The van der Waals surface area contributed by atoms with Crippen molar-refractivity contribution in [2.45, 2.75) is 52.7 Å². The van der Waals surface area contributed by atoms with Gasteiger partial charge in [-0.3, -0.25) is 0 Å². The quantitative estimate of drug-likeness (QED) is 0.725. The van der Waals surface area contributed by atoms with Crippen molar-refractivity contribution in [1.82, 2.24) is 0 Å². The van der Waals surface area contributed by atoms with Crippen LogP contribution in [0.25, 0.3) is 0 Å². The molecular formula is C15H22O. The van der Waals surface area contributed by atoms with E-state index in [4.69, 9.17) is 4.74 Å². The highest BCUT2D eigenvalue weighted by Gasteiger charge is 2.28. The fraction of sp³-hybridized carbons (Fsp3) is 0.600. The molecule has 0 aliphatic heterocycles. The molecule has 0 radical (unpaired) electrons. The van der Waals surface area contributed by atoms with Crippen molar-refractivity contribution in [1.29, 1.82) is 0 Å². The third-order valence-electron chi connectivity index (χ3n) is 3.67. The van der Waals surface area contributed by atoms with Crippen LogP contribution >= 0.6 is 0 Å². The maximum absolute atomic E-state index is 6.20. The van der Waals surface area contributed by atoms with Gasteiger partial charge in [-0.2, -0.15) is 0 Å². The number of benzene rings is 1. The molecule has 88 valence electrons. The Morgan fingerprint density at radius 3 is 2.62 bits per heavy atom. The van der Waals surface area contributed by atoms with Gasteiger partial charge in [0.2, 0.25) is 0 Å². The summed E-state index contributed by atoms with van der Waals surface area (Å²) in [7, 11) is 0. The molecule has 1 aromatic carbocycles. The van der Waals surface area contributed by atoms with Crippen LogP contribution in [0.2, 0.25) is 0 Å². The summed E-state index contributed by atoms with van der Waals surface area (Å²) in [5, 5.41) is 0. The maximum Gasteiger partial charge on any atom is 0.0834 e. The number of fused-ring (bicyclic) bond motifs is 1. The third-order valence-corrected chi connectivity index (χ3v) is 3.67. The summed E-state index contributed by atoms with van der Waals surface area (Å²) >= 11 is 0. The van der Waals surface area contributed by atoms with Crippen molar-refractivity contribution in [2.75, 3.05) is 0 Å². The normalized spacial score (nSPS) is 21.9. The van der Waals surface area contributed by atoms with Crippen LogP contribution in [0.4, 0.5) is 0 Å². The van der Waals surface area contributed by atoms with E-state index in [-0.39, 0.29) is 5.41 Å². The van der Waals surface area contributed by atoms with Gasteiger partial charge in [-0.15, -0.1) is 0 Å². The standard InChI is InChI=1S/C15H22O/c1-11(15(2,3)4)16-14-10-9-12-7-5-6-8-13(12)14/h5-8,11,14H,9-10H2,1-4H3. The Labute approximate surface area is 98.8 Å². The van der Waals surface area contributed by atoms with Crippen molar-refractivity contribution in [2.24, 2.45) is 5.41 Å². The molecule has 0 aromatic heterocycles. The Morgan fingerprint density at radius 1 is 1.25 bits per heavy atom. The van der Waals surface area contributed by atoms with E-state index >= 15 is 0 Å². The lowest BCUT2D eigenvalue weighted by molar-refractivity contribution is -0.0563. The number of rotatable bonds is 2. The minimum atomic E-state index is 0.220. The average Bonchev–Trinajstić information content (AvgIpc) is 2.61. The predicted molar refractivity (Wildman–Crippen MR) is 67.5 cm³/mol. The van der Waals surface area contributed by atoms with Gasteiger partial charge in [-0.05, 0) is 36.3 Å². The monoisotopic (exact) mass is 218 g/mol. The minimum Gasteiger partial charge on any atom is -0.370 e. The lowest BCUT2D eigenvalue weighted by Gasteiger charge is -2.30. The number of ether oxygens (including phenoxy) is 1. The summed E-state index contributed by atoms with van der Waals surface area (Å²) in [5.74, 6) is 0. The van der Waals surface area contributed by atoms with Crippen molar-refractivity contribution >= 4 is 0 Å².